The van der Waals surface area contributed by atoms with Gasteiger partial charge in [-0.05, 0) is 65.1 Å². The van der Waals surface area contributed by atoms with Crippen LogP contribution >= 0.6 is 11.6 Å². The predicted molar refractivity (Wildman–Crippen MR) is 139 cm³/mol. The number of nitrogens with one attached hydrogen (secondary N) is 2. The van der Waals surface area contributed by atoms with E-state index in [-0.39, 0.29) is 28.6 Å². The topological polar surface area (TPSA) is 131 Å². The van der Waals surface area contributed by atoms with Gasteiger partial charge in [0.2, 0.25) is 5.91 Å². The summed E-state index contributed by atoms with van der Waals surface area (Å²) in [4.78, 5) is 34.6. The van der Waals surface area contributed by atoms with Gasteiger partial charge < -0.3 is 14.6 Å². The Kier molecular flexibility index (Phi) is 6.31. The van der Waals surface area contributed by atoms with E-state index in [4.69, 9.17) is 11.6 Å². The maximum Gasteiger partial charge on any atom is 0.411 e. The summed E-state index contributed by atoms with van der Waals surface area (Å²) < 4.78 is 21.3. The third-order valence-electron chi connectivity index (χ3n) is 7.04. The summed E-state index contributed by atoms with van der Waals surface area (Å²) in [6.45, 7) is 0. The fourth-order valence-electron chi connectivity index (χ4n) is 5.26. The fourth-order valence-corrected chi connectivity index (χ4v) is 5.42. The quantitative estimate of drug-likeness (QED) is 0.374. The second-order valence-electron chi connectivity index (χ2n) is 9.25. The molecule has 0 spiro atoms. The van der Waals surface area contributed by atoms with E-state index < -0.39 is 11.9 Å². The van der Waals surface area contributed by atoms with Gasteiger partial charge in [-0.25, -0.2) is 14.2 Å². The summed E-state index contributed by atoms with van der Waals surface area (Å²) >= 11 is 6.11. The normalized spacial score (nSPS) is 18.6. The molecule has 2 aromatic heterocycles. The lowest BCUT2D eigenvalue weighted by atomic mass is 9.92. The first-order valence-corrected chi connectivity index (χ1v) is 12.6. The molecule has 2 aromatic carbocycles. The Morgan fingerprint density at radius 2 is 2.03 bits per heavy atom. The van der Waals surface area contributed by atoms with E-state index in [2.05, 4.69) is 35.5 Å². The van der Waals surface area contributed by atoms with E-state index in [0.29, 0.717) is 35.6 Å². The van der Waals surface area contributed by atoms with E-state index >= 15 is 4.39 Å². The highest BCUT2D eigenvalue weighted by Crippen LogP contribution is 2.44. The second-order valence-corrected chi connectivity index (χ2v) is 9.66. The lowest BCUT2D eigenvalue weighted by Gasteiger charge is -2.33. The standard InChI is InChI=1S/C26H22ClFN8O3/c1-39-26(38)31-16-4-2-14(3-5-16)19-12-29-25(32-19)21-8-6-17-10-15(11-22(37)36(17)21)23-20(35-13-30-33-34-35)9-7-18(27)24(23)28/h2-5,7,9,11-13,17,21H,6,8,10H2,1H3,(H,29,32)(H,31,38)/t17-,21+/m1/s1. The van der Waals surface area contributed by atoms with E-state index in [1.807, 2.05) is 17.0 Å². The number of hydrogen-bond acceptors (Lipinski definition) is 7. The number of imidazole rings is 1. The number of aromatic nitrogens is 6. The van der Waals surface area contributed by atoms with Crippen LogP contribution in [-0.2, 0) is 9.53 Å². The maximum atomic E-state index is 15.3. The van der Waals surface area contributed by atoms with Crippen LogP contribution in [0.25, 0.3) is 22.5 Å². The molecular formula is C26H22ClFN8O3. The van der Waals surface area contributed by atoms with Gasteiger partial charge in [0.25, 0.3) is 0 Å². The summed E-state index contributed by atoms with van der Waals surface area (Å²) in [6.07, 6.45) is 5.92. The van der Waals surface area contributed by atoms with Crippen LogP contribution in [0.15, 0.2) is 55.0 Å². The summed E-state index contributed by atoms with van der Waals surface area (Å²) in [5.41, 5.74) is 3.44. The second kappa shape index (κ2) is 9.95. The van der Waals surface area contributed by atoms with Crippen molar-refractivity contribution in [2.24, 2.45) is 0 Å². The van der Waals surface area contributed by atoms with Crippen molar-refractivity contribution in [2.75, 3.05) is 12.4 Å². The zero-order valence-electron chi connectivity index (χ0n) is 20.6. The Morgan fingerprint density at radius 3 is 2.77 bits per heavy atom. The molecule has 198 valence electrons. The molecule has 2 atom stereocenters. The number of anilines is 1. The minimum atomic E-state index is -0.616. The first-order valence-electron chi connectivity index (χ1n) is 12.2. The molecule has 13 heteroatoms. The Bertz CT molecular complexity index is 1590. The Hall–Kier alpha value is -4.58. The maximum absolute atomic E-state index is 15.3. The molecule has 1 fully saturated rings. The number of fused-ring (bicyclic) bond motifs is 1. The number of aromatic amines is 1. The van der Waals surface area contributed by atoms with Gasteiger partial charge in [-0.2, -0.15) is 4.68 Å². The third kappa shape index (κ3) is 4.52. The number of amides is 2. The highest BCUT2D eigenvalue weighted by Gasteiger charge is 2.42. The van der Waals surface area contributed by atoms with Gasteiger partial charge >= 0.3 is 6.09 Å². The molecule has 0 radical (unpaired) electrons. The van der Waals surface area contributed by atoms with Crippen molar-refractivity contribution in [3.05, 3.63) is 77.2 Å². The highest BCUT2D eigenvalue weighted by molar-refractivity contribution is 6.31. The van der Waals surface area contributed by atoms with Crippen LogP contribution in [0.2, 0.25) is 5.02 Å². The molecule has 2 N–H and O–H groups in total. The largest absolute Gasteiger partial charge is 0.453 e. The minimum Gasteiger partial charge on any atom is -0.453 e. The number of carbonyl (C=O) groups excluding carboxylic acids is 2. The van der Waals surface area contributed by atoms with Gasteiger partial charge in [0.1, 0.15) is 12.2 Å². The Balaban J connectivity index is 1.25. The van der Waals surface area contributed by atoms with Gasteiger partial charge in [-0.15, -0.1) is 5.10 Å². The third-order valence-corrected chi connectivity index (χ3v) is 7.33. The Labute approximate surface area is 226 Å². The first-order chi connectivity index (χ1) is 18.9. The van der Waals surface area contributed by atoms with Crippen LogP contribution in [0.5, 0.6) is 0 Å². The number of halogens is 2. The highest BCUT2D eigenvalue weighted by atomic mass is 35.5. The van der Waals surface area contributed by atoms with E-state index in [9.17, 15) is 9.59 Å². The SMILES string of the molecule is COC(=O)Nc1ccc(-c2cnc([C@@H]3CC[C@@H]4CC(c5c(-n6cnnn6)ccc(Cl)c5F)=CC(=O)N43)[nH]2)cc1. The van der Waals surface area contributed by atoms with Crippen LogP contribution in [0, 0.1) is 5.82 Å². The molecule has 0 unspecified atom stereocenters. The number of ether oxygens (including phenoxy) is 1. The van der Waals surface area contributed by atoms with Crippen LogP contribution in [-0.4, -0.2) is 60.2 Å². The van der Waals surface area contributed by atoms with Gasteiger partial charge in [-0.1, -0.05) is 23.7 Å². The van der Waals surface area contributed by atoms with Crippen molar-refractivity contribution in [1.82, 2.24) is 35.1 Å². The lowest BCUT2D eigenvalue weighted by Crippen LogP contribution is -2.39. The number of carbonyl (C=O) groups is 2. The van der Waals surface area contributed by atoms with Crippen molar-refractivity contribution < 1.29 is 18.7 Å². The Morgan fingerprint density at radius 1 is 1.21 bits per heavy atom. The number of H-pyrrole nitrogens is 1. The van der Waals surface area contributed by atoms with Gasteiger partial charge in [0, 0.05) is 23.4 Å². The first kappa shape index (κ1) is 24.7. The minimum absolute atomic E-state index is 0.0425. The summed E-state index contributed by atoms with van der Waals surface area (Å²) in [7, 11) is 1.30. The van der Waals surface area contributed by atoms with Crippen molar-refractivity contribution in [2.45, 2.75) is 31.3 Å². The molecule has 39 heavy (non-hydrogen) atoms. The van der Waals surface area contributed by atoms with E-state index in [0.717, 1.165) is 17.7 Å². The number of methoxy groups -OCH3 is 1. The summed E-state index contributed by atoms with van der Waals surface area (Å²) in [5, 5.41) is 13.7. The molecular weight excluding hydrogens is 527 g/mol. The molecule has 0 saturated carbocycles. The molecule has 0 aliphatic carbocycles. The average Bonchev–Trinajstić information content (AvgIpc) is 3.71. The van der Waals surface area contributed by atoms with Crippen molar-refractivity contribution in [1.29, 1.82) is 0 Å². The number of tetrazole rings is 1. The zero-order chi connectivity index (χ0) is 27.1. The van der Waals surface area contributed by atoms with Crippen LogP contribution in [0.1, 0.15) is 36.7 Å². The molecule has 2 aliphatic rings. The molecule has 2 amide bonds. The van der Waals surface area contributed by atoms with Gasteiger partial charge in [-0.3, -0.25) is 10.1 Å². The average molecular weight is 549 g/mol. The summed E-state index contributed by atoms with van der Waals surface area (Å²) in [6, 6.07) is 9.94. The smallest absolute Gasteiger partial charge is 0.411 e. The zero-order valence-corrected chi connectivity index (χ0v) is 21.4. The number of hydrogen-bond donors (Lipinski definition) is 2. The van der Waals surface area contributed by atoms with E-state index in [1.165, 1.54) is 30.3 Å². The number of nitrogens with zero attached hydrogens (tertiary/aromatic N) is 6. The molecule has 0 bridgehead atoms. The van der Waals surface area contributed by atoms with Crippen LogP contribution in [0.3, 0.4) is 0 Å². The van der Waals surface area contributed by atoms with Crippen molar-refractivity contribution in [3.63, 3.8) is 0 Å². The fraction of sp³-hybridized carbons (Fsp3) is 0.231. The predicted octanol–water partition coefficient (Wildman–Crippen LogP) is 4.54. The molecule has 11 nitrogen and oxygen atoms in total. The lowest BCUT2D eigenvalue weighted by molar-refractivity contribution is -0.129. The molecule has 1 saturated heterocycles. The van der Waals surface area contributed by atoms with Gasteiger partial charge in [0.05, 0.1) is 35.8 Å². The number of rotatable bonds is 5. The van der Waals surface area contributed by atoms with Gasteiger partial charge in [0.15, 0.2) is 5.82 Å². The van der Waals surface area contributed by atoms with E-state index in [1.54, 1.807) is 24.4 Å². The van der Waals surface area contributed by atoms with Crippen LogP contribution in [0.4, 0.5) is 14.9 Å². The van der Waals surface area contributed by atoms with Crippen molar-refractivity contribution >= 4 is 34.9 Å². The molecule has 6 rings (SSSR count). The van der Waals surface area contributed by atoms with Crippen LogP contribution < -0.4 is 5.32 Å². The molecule has 2 aliphatic heterocycles. The monoisotopic (exact) mass is 548 g/mol. The molecule has 4 heterocycles. The molecule has 4 aromatic rings. The van der Waals surface area contributed by atoms with Crippen molar-refractivity contribution in [3.8, 4) is 16.9 Å². The summed E-state index contributed by atoms with van der Waals surface area (Å²) in [5.74, 6) is -0.157. The number of benzene rings is 2.